The summed E-state index contributed by atoms with van der Waals surface area (Å²) in [5, 5.41) is 12.3. The number of nitrogens with one attached hydrogen (secondary N) is 3. The number of thiazole rings is 1. The fourth-order valence-corrected chi connectivity index (χ4v) is 15.7. The third-order valence-corrected chi connectivity index (χ3v) is 20.4. The van der Waals surface area contributed by atoms with Crippen molar-refractivity contribution in [2.75, 3.05) is 77.5 Å². The monoisotopic (exact) mass is 1110 g/mol. The Bertz CT molecular complexity index is 2970. The molecule has 8 aliphatic rings. The number of benzene rings is 1. The molecule has 9 heterocycles. The molecule has 80 heavy (non-hydrogen) atoms. The third kappa shape index (κ3) is 11.2. The zero-order valence-corrected chi connectivity index (χ0v) is 49.4. The molecule has 0 radical (unpaired) electrons. The van der Waals surface area contributed by atoms with Gasteiger partial charge in [-0.3, -0.25) is 44.3 Å². The van der Waals surface area contributed by atoms with Gasteiger partial charge in [-0.2, -0.15) is 0 Å². The largest absolute Gasteiger partial charge is 0.464 e. The molecule has 7 fully saturated rings. The predicted octanol–water partition coefficient (Wildman–Crippen LogP) is 7.36. The molecule has 1 aromatic carbocycles. The van der Waals surface area contributed by atoms with Gasteiger partial charge in [-0.1, -0.05) is 46.6 Å². The Kier molecular flexibility index (Phi) is 15.7. The molecule has 5 saturated heterocycles. The van der Waals surface area contributed by atoms with Gasteiger partial charge in [-0.15, -0.1) is 11.3 Å². The van der Waals surface area contributed by atoms with Crippen molar-refractivity contribution in [2.45, 2.75) is 174 Å². The predicted molar refractivity (Wildman–Crippen MR) is 312 cm³/mol. The lowest BCUT2D eigenvalue weighted by Crippen LogP contribution is -2.62. The number of aryl methyl sites for hydroxylation is 1. The number of carbonyl (C=O) groups excluding carboxylic acids is 4. The second-order valence-corrected chi connectivity index (χ2v) is 27.1. The zero-order chi connectivity index (χ0) is 55.6. The van der Waals surface area contributed by atoms with Crippen LogP contribution in [0.5, 0.6) is 0 Å². The van der Waals surface area contributed by atoms with Gasteiger partial charge in [0.15, 0.2) is 0 Å². The minimum absolute atomic E-state index is 0.0479. The number of hydrogen-bond donors (Lipinski definition) is 3. The van der Waals surface area contributed by atoms with Gasteiger partial charge in [0.25, 0.3) is 5.91 Å². The van der Waals surface area contributed by atoms with Crippen molar-refractivity contribution in [3.63, 3.8) is 0 Å². The molecule has 18 heteroatoms. The number of anilines is 1. The fourth-order valence-electron chi connectivity index (χ4n) is 14.9. The lowest BCUT2D eigenvalue weighted by Gasteiger charge is -2.40. The quantitative estimate of drug-likeness (QED) is 0.0844. The number of fused-ring (bicyclic) bond motifs is 7. The molecule has 0 spiro atoms. The molecule has 3 amide bonds. The lowest BCUT2D eigenvalue weighted by atomic mass is 9.84. The van der Waals surface area contributed by atoms with Crippen LogP contribution in [-0.2, 0) is 48.0 Å². The molecule has 12 rings (SSSR count). The molecule has 8 atom stereocenters. The van der Waals surface area contributed by atoms with Crippen molar-refractivity contribution >= 4 is 51.6 Å². The number of hydrazine groups is 1. The molecule has 4 aromatic rings. The summed E-state index contributed by atoms with van der Waals surface area (Å²) in [6.45, 7) is 21.2. The highest BCUT2D eigenvalue weighted by atomic mass is 32.1. The van der Waals surface area contributed by atoms with Gasteiger partial charge >= 0.3 is 5.97 Å². The number of pyridine rings is 1. The first-order chi connectivity index (χ1) is 38.6. The van der Waals surface area contributed by atoms with E-state index in [0.717, 1.165) is 114 Å². The summed E-state index contributed by atoms with van der Waals surface area (Å²) >= 11 is 1.51. The van der Waals surface area contributed by atoms with Crippen LogP contribution in [0.1, 0.15) is 135 Å². The van der Waals surface area contributed by atoms with Crippen molar-refractivity contribution in [3.8, 4) is 22.5 Å². The van der Waals surface area contributed by atoms with E-state index in [1.165, 1.54) is 43.6 Å². The van der Waals surface area contributed by atoms with E-state index in [0.29, 0.717) is 70.0 Å². The molecule has 0 unspecified atom stereocenters. The molecule has 2 saturated carbocycles. The number of nitrogens with zero attached hydrogens (tertiary/aromatic N) is 8. The number of amides is 3. The van der Waals surface area contributed by atoms with Crippen LogP contribution in [0, 0.1) is 22.7 Å². The van der Waals surface area contributed by atoms with Crippen LogP contribution in [0.3, 0.4) is 0 Å². The number of esters is 1. The van der Waals surface area contributed by atoms with Gasteiger partial charge in [0.05, 0.1) is 52.7 Å². The number of piperazine rings is 1. The fraction of sp³-hybridized carbons (Fsp3) is 0.677. The van der Waals surface area contributed by atoms with Gasteiger partial charge in [0, 0.05) is 111 Å². The van der Waals surface area contributed by atoms with Gasteiger partial charge < -0.3 is 29.2 Å². The van der Waals surface area contributed by atoms with Crippen molar-refractivity contribution in [1.29, 1.82) is 0 Å². The normalized spacial score (nSPS) is 28.3. The van der Waals surface area contributed by atoms with Crippen LogP contribution < -0.4 is 21.0 Å². The van der Waals surface area contributed by atoms with Crippen LogP contribution >= 0.6 is 11.3 Å². The minimum atomic E-state index is -0.949. The number of methoxy groups -OCH3 is 1. The number of carbonyl (C=O) groups is 4. The Morgan fingerprint density at radius 2 is 1.80 bits per heavy atom. The number of cyclic esters (lactones) is 1. The first-order valence-corrected chi connectivity index (χ1v) is 31.4. The molecular formula is C62H87N11O6S. The Labute approximate surface area is 477 Å². The average Bonchev–Trinajstić information content (AvgIpc) is 4.21. The number of ether oxygens (including phenoxy) is 2. The van der Waals surface area contributed by atoms with E-state index in [1.54, 1.807) is 12.1 Å². The molecule has 6 aliphatic heterocycles. The van der Waals surface area contributed by atoms with Crippen molar-refractivity contribution in [1.82, 2.24) is 50.3 Å². The highest BCUT2D eigenvalue weighted by molar-refractivity contribution is 7.10. The van der Waals surface area contributed by atoms with E-state index in [4.69, 9.17) is 19.4 Å². The summed E-state index contributed by atoms with van der Waals surface area (Å²) in [5.41, 5.74) is 10.8. The van der Waals surface area contributed by atoms with E-state index in [9.17, 15) is 9.59 Å². The Balaban J connectivity index is 0.876. The van der Waals surface area contributed by atoms with E-state index in [2.05, 4.69) is 111 Å². The van der Waals surface area contributed by atoms with Crippen molar-refractivity contribution in [3.05, 3.63) is 52.1 Å². The van der Waals surface area contributed by atoms with Crippen molar-refractivity contribution in [2.24, 2.45) is 22.7 Å². The topological polar surface area (TPSA) is 180 Å². The highest BCUT2D eigenvalue weighted by Gasteiger charge is 2.54. The summed E-state index contributed by atoms with van der Waals surface area (Å²) in [6, 6.07) is 7.70. The smallest absolute Gasteiger partial charge is 0.324 e. The SMILES string of the molecule is CCN(C[C@]1(C)CCN(C(=O)[C@@H]2N[C@@H]2C2CC2)C1)[C@H](C(=O)N[C@H]1Cc2nc(cs2)-c2ccc3c(c2)c(c(-c2cc(N4CCN5CCC[C@@H]5C4)cnc2[C@H](C)OC)n3CC)CC(C)(C)COC(=O)[C@@H]2CCCN(N2)C1=O)C1CCCC1. The van der Waals surface area contributed by atoms with Gasteiger partial charge in [-0.05, 0) is 132 Å². The highest BCUT2D eigenvalue weighted by Crippen LogP contribution is 2.45. The van der Waals surface area contributed by atoms with E-state index in [-0.39, 0.29) is 54.2 Å². The summed E-state index contributed by atoms with van der Waals surface area (Å²) < 4.78 is 14.8. The summed E-state index contributed by atoms with van der Waals surface area (Å²) in [7, 11) is 1.75. The maximum atomic E-state index is 15.3. The van der Waals surface area contributed by atoms with Crippen LogP contribution in [0.4, 0.5) is 5.69 Å². The van der Waals surface area contributed by atoms with Crippen LogP contribution in [0.2, 0.25) is 0 Å². The van der Waals surface area contributed by atoms with E-state index < -0.39 is 29.5 Å². The van der Waals surface area contributed by atoms with Crippen LogP contribution in [0.25, 0.3) is 33.4 Å². The first kappa shape index (κ1) is 55.5. The number of aromatic nitrogens is 3. The third-order valence-electron chi connectivity index (χ3n) is 19.6. The van der Waals surface area contributed by atoms with E-state index in [1.807, 2.05) is 6.20 Å². The average molecular weight is 1110 g/mol. The summed E-state index contributed by atoms with van der Waals surface area (Å²) in [4.78, 5) is 78.5. The van der Waals surface area contributed by atoms with Crippen LogP contribution in [0.15, 0.2) is 35.8 Å². The first-order valence-electron chi connectivity index (χ1n) is 30.6. The lowest BCUT2D eigenvalue weighted by molar-refractivity contribution is -0.155. The molecule has 17 nitrogen and oxygen atoms in total. The maximum absolute atomic E-state index is 15.3. The number of likely N-dealkylation sites (tertiary alicyclic amines) is 1. The Morgan fingerprint density at radius 1 is 0.988 bits per heavy atom. The summed E-state index contributed by atoms with van der Waals surface area (Å²) in [5.74, 6) is 0.172. The number of hydrogen-bond acceptors (Lipinski definition) is 14. The van der Waals surface area contributed by atoms with Gasteiger partial charge in [0.2, 0.25) is 11.8 Å². The Morgan fingerprint density at radius 3 is 2.58 bits per heavy atom. The molecule has 2 aliphatic carbocycles. The standard InChI is InChI=1S/C62H87N11O6S/c1-8-68(35-62(6)22-25-71(36-62)59(76)54-53(66-54)39-18-19-39)55(40-14-10-11-15-40)57(74)65-48-30-51-64-49(34-80-51)41-20-21-50-44(28-41)46(31-61(4,5)37-79-60(77)47-17-13-24-73(67-47)58(48)75)56(72(50)9-2)45-29-43(32-63-52(45)38(3)78-7)70-27-26-69-23-12-16-42(69)33-70/h20-21,28-29,32,34,38-40,42,47-48,53-55,66-67H,8-19,22-27,30-31,33,35-37H2,1-7H3,(H,65,74)/t38-,42+,47-,48-,53+,54+,55-,62-/m0/s1. The molecule has 6 bridgehead atoms. The molecule has 3 aromatic heterocycles. The van der Waals surface area contributed by atoms with Crippen molar-refractivity contribution < 1.29 is 28.7 Å². The van der Waals surface area contributed by atoms with Gasteiger partial charge in [-0.25, -0.2) is 10.4 Å². The minimum Gasteiger partial charge on any atom is -0.464 e. The summed E-state index contributed by atoms with van der Waals surface area (Å²) in [6.07, 6.45) is 13.5. The Hall–Kier alpha value is -4.98. The maximum Gasteiger partial charge on any atom is 0.324 e. The molecule has 3 N–H and O–H groups in total. The van der Waals surface area contributed by atoms with Gasteiger partial charge in [0.1, 0.15) is 18.1 Å². The van der Waals surface area contributed by atoms with E-state index >= 15 is 9.59 Å². The van der Waals surface area contributed by atoms with Crippen LogP contribution in [-0.4, -0.2) is 167 Å². The number of rotatable bonds is 14. The second-order valence-electron chi connectivity index (χ2n) is 26.1. The molecular weight excluding hydrogens is 1030 g/mol. The second kappa shape index (κ2) is 22.6. The number of likely N-dealkylation sites (N-methyl/N-ethyl adjacent to an activating group) is 1. The zero-order valence-electron chi connectivity index (χ0n) is 48.6. The molecule has 432 valence electrons.